The van der Waals surface area contributed by atoms with Crippen molar-refractivity contribution in [2.24, 2.45) is 0 Å². The van der Waals surface area contributed by atoms with Gasteiger partial charge in [0.1, 0.15) is 12.3 Å². The minimum atomic E-state index is -3.98. The zero-order chi connectivity index (χ0) is 22.4. The fraction of sp³-hybridized carbons (Fsp3) is 0.174. The molecule has 0 saturated heterocycles. The predicted molar refractivity (Wildman–Crippen MR) is 122 cm³/mol. The van der Waals surface area contributed by atoms with Crippen molar-refractivity contribution in [1.29, 1.82) is 0 Å². The molecule has 0 aromatic heterocycles. The lowest BCUT2D eigenvalue weighted by atomic mass is 10.2. The smallest absolute Gasteiger partial charge is 0.264 e. The molecular weight excluding hydrogens is 436 g/mol. The monoisotopic (exact) mass is 458 g/mol. The van der Waals surface area contributed by atoms with Crippen molar-refractivity contribution in [1.82, 2.24) is 5.32 Å². The molecule has 1 N–H and O–H groups in total. The molecule has 0 radical (unpaired) electrons. The molecule has 1 amide bonds. The Bertz CT molecular complexity index is 1130. The molecule has 3 rings (SSSR count). The van der Waals surface area contributed by atoms with Gasteiger partial charge in [0.25, 0.3) is 10.0 Å². The number of benzene rings is 3. The van der Waals surface area contributed by atoms with Gasteiger partial charge >= 0.3 is 0 Å². The van der Waals surface area contributed by atoms with Gasteiger partial charge in [0.15, 0.2) is 0 Å². The number of nitrogens with zero attached hydrogens (tertiary/aromatic N) is 1. The number of aryl methyl sites for hydroxylation is 1. The van der Waals surface area contributed by atoms with E-state index in [-0.39, 0.29) is 18.0 Å². The molecule has 0 aliphatic rings. The first kappa shape index (κ1) is 22.7. The van der Waals surface area contributed by atoms with E-state index in [4.69, 9.17) is 16.3 Å². The van der Waals surface area contributed by atoms with Crippen LogP contribution in [0.25, 0.3) is 0 Å². The van der Waals surface area contributed by atoms with Crippen LogP contribution in [0.15, 0.2) is 77.7 Å². The van der Waals surface area contributed by atoms with Gasteiger partial charge in [0.05, 0.1) is 17.7 Å². The van der Waals surface area contributed by atoms with Gasteiger partial charge in [-0.1, -0.05) is 41.4 Å². The predicted octanol–water partition coefficient (Wildman–Crippen LogP) is 4.17. The van der Waals surface area contributed by atoms with Gasteiger partial charge in [-0.05, 0) is 61.0 Å². The second-order valence-electron chi connectivity index (χ2n) is 6.93. The number of methoxy groups -OCH3 is 1. The summed E-state index contributed by atoms with van der Waals surface area (Å²) in [6.45, 7) is 1.82. The average Bonchev–Trinajstić information content (AvgIpc) is 2.78. The van der Waals surface area contributed by atoms with Crippen LogP contribution in [0.1, 0.15) is 11.1 Å². The summed E-state index contributed by atoms with van der Waals surface area (Å²) in [5.74, 6) is 0.120. The van der Waals surface area contributed by atoms with Crippen LogP contribution in [0.4, 0.5) is 5.69 Å². The van der Waals surface area contributed by atoms with Crippen molar-refractivity contribution in [3.8, 4) is 5.75 Å². The molecule has 0 saturated carbocycles. The summed E-state index contributed by atoms with van der Waals surface area (Å²) >= 11 is 5.88. The van der Waals surface area contributed by atoms with Crippen molar-refractivity contribution in [3.63, 3.8) is 0 Å². The Balaban J connectivity index is 1.84. The third-order valence-electron chi connectivity index (χ3n) is 4.66. The summed E-state index contributed by atoms with van der Waals surface area (Å²) in [6, 6.07) is 20.1. The Kier molecular flexibility index (Phi) is 7.20. The lowest BCUT2D eigenvalue weighted by molar-refractivity contribution is -0.119. The number of ether oxygens (including phenoxy) is 1. The van der Waals surface area contributed by atoms with Crippen molar-refractivity contribution >= 4 is 33.2 Å². The molecule has 31 heavy (non-hydrogen) atoms. The van der Waals surface area contributed by atoms with E-state index >= 15 is 0 Å². The second-order valence-corrected chi connectivity index (χ2v) is 9.22. The third kappa shape index (κ3) is 5.77. The van der Waals surface area contributed by atoms with Crippen LogP contribution < -0.4 is 14.4 Å². The third-order valence-corrected chi connectivity index (χ3v) is 6.70. The summed E-state index contributed by atoms with van der Waals surface area (Å²) in [5, 5.41) is 3.37. The minimum absolute atomic E-state index is 0.0689. The highest BCUT2D eigenvalue weighted by Crippen LogP contribution is 2.25. The highest BCUT2D eigenvalue weighted by molar-refractivity contribution is 7.92. The van der Waals surface area contributed by atoms with Crippen LogP contribution in [-0.4, -0.2) is 28.0 Å². The van der Waals surface area contributed by atoms with Crippen LogP contribution in [0.5, 0.6) is 5.75 Å². The van der Waals surface area contributed by atoms with E-state index in [1.165, 1.54) is 19.2 Å². The van der Waals surface area contributed by atoms with Crippen molar-refractivity contribution < 1.29 is 17.9 Å². The molecule has 0 aliphatic heterocycles. The van der Waals surface area contributed by atoms with Gasteiger partial charge in [-0.3, -0.25) is 9.10 Å². The van der Waals surface area contributed by atoms with Gasteiger partial charge in [-0.15, -0.1) is 0 Å². The molecule has 0 aliphatic carbocycles. The highest BCUT2D eigenvalue weighted by Gasteiger charge is 2.27. The molecule has 0 spiro atoms. The number of carbonyl (C=O) groups is 1. The maximum atomic E-state index is 13.4. The number of amides is 1. The van der Waals surface area contributed by atoms with E-state index in [2.05, 4.69) is 5.32 Å². The molecule has 0 heterocycles. The fourth-order valence-corrected chi connectivity index (χ4v) is 4.44. The Morgan fingerprint density at radius 3 is 2.16 bits per heavy atom. The standard InChI is InChI=1S/C23H23ClN2O4S/c1-17-3-9-20(10-4-17)26(31(28,29)22-13-11-21(30-2)12-14-22)16-23(27)25-15-18-5-7-19(24)8-6-18/h3-14H,15-16H2,1-2H3,(H,25,27). The van der Waals surface area contributed by atoms with Crippen LogP contribution in [0.3, 0.4) is 0 Å². The summed E-state index contributed by atoms with van der Waals surface area (Å²) in [5.41, 5.74) is 2.25. The Labute approximate surface area is 187 Å². The van der Waals surface area contributed by atoms with Crippen LogP contribution >= 0.6 is 11.6 Å². The van der Waals surface area contributed by atoms with E-state index in [9.17, 15) is 13.2 Å². The summed E-state index contributed by atoms with van der Waals surface area (Å²) in [4.78, 5) is 12.7. The Hall–Kier alpha value is -3.03. The molecule has 3 aromatic carbocycles. The molecule has 0 atom stereocenters. The maximum Gasteiger partial charge on any atom is 0.264 e. The Morgan fingerprint density at radius 1 is 0.968 bits per heavy atom. The largest absolute Gasteiger partial charge is 0.497 e. The van der Waals surface area contributed by atoms with Gasteiger partial charge in [0.2, 0.25) is 5.91 Å². The highest BCUT2D eigenvalue weighted by atomic mass is 35.5. The molecule has 0 bridgehead atoms. The SMILES string of the molecule is COc1ccc(S(=O)(=O)N(CC(=O)NCc2ccc(Cl)cc2)c2ccc(C)cc2)cc1. The molecular formula is C23H23ClN2O4S. The number of halogens is 1. The Morgan fingerprint density at radius 2 is 1.58 bits per heavy atom. The van der Waals surface area contributed by atoms with Crippen molar-refractivity contribution in [2.45, 2.75) is 18.4 Å². The van der Waals surface area contributed by atoms with E-state index in [0.29, 0.717) is 16.5 Å². The molecule has 8 heteroatoms. The van der Waals surface area contributed by atoms with Crippen LogP contribution in [-0.2, 0) is 21.4 Å². The summed E-state index contributed by atoms with van der Waals surface area (Å²) in [7, 11) is -2.47. The number of sulfonamides is 1. The van der Waals surface area contributed by atoms with Gasteiger partial charge in [-0.25, -0.2) is 8.42 Å². The number of hydrogen-bond donors (Lipinski definition) is 1. The first-order chi connectivity index (χ1) is 14.8. The average molecular weight is 459 g/mol. The first-order valence-corrected chi connectivity index (χ1v) is 11.4. The van der Waals surface area contributed by atoms with Crippen molar-refractivity contribution in [2.75, 3.05) is 18.0 Å². The first-order valence-electron chi connectivity index (χ1n) is 9.54. The van der Waals surface area contributed by atoms with E-state index in [1.807, 2.05) is 6.92 Å². The quantitative estimate of drug-likeness (QED) is 0.549. The summed E-state index contributed by atoms with van der Waals surface area (Å²) in [6.07, 6.45) is 0. The van der Waals surface area contributed by atoms with E-state index in [0.717, 1.165) is 15.4 Å². The molecule has 0 unspecified atom stereocenters. The zero-order valence-electron chi connectivity index (χ0n) is 17.2. The lowest BCUT2D eigenvalue weighted by Gasteiger charge is -2.24. The van der Waals surface area contributed by atoms with Gasteiger partial charge < -0.3 is 10.1 Å². The summed E-state index contributed by atoms with van der Waals surface area (Å²) < 4.78 is 32.9. The number of anilines is 1. The molecule has 6 nitrogen and oxygen atoms in total. The maximum absolute atomic E-state index is 13.4. The fourth-order valence-electron chi connectivity index (χ4n) is 2.89. The zero-order valence-corrected chi connectivity index (χ0v) is 18.8. The van der Waals surface area contributed by atoms with E-state index in [1.54, 1.807) is 60.7 Å². The van der Waals surface area contributed by atoms with Crippen LogP contribution in [0, 0.1) is 6.92 Å². The topological polar surface area (TPSA) is 75.7 Å². The molecule has 0 fully saturated rings. The van der Waals surface area contributed by atoms with Crippen molar-refractivity contribution in [3.05, 3.63) is 88.9 Å². The number of carbonyl (C=O) groups excluding carboxylic acids is 1. The van der Waals surface area contributed by atoms with Gasteiger partial charge in [0, 0.05) is 11.6 Å². The normalized spacial score (nSPS) is 11.1. The number of nitrogens with one attached hydrogen (secondary N) is 1. The second kappa shape index (κ2) is 9.85. The van der Waals surface area contributed by atoms with Crippen LogP contribution in [0.2, 0.25) is 5.02 Å². The van der Waals surface area contributed by atoms with E-state index < -0.39 is 15.9 Å². The number of hydrogen-bond acceptors (Lipinski definition) is 4. The lowest BCUT2D eigenvalue weighted by Crippen LogP contribution is -2.40. The molecule has 162 valence electrons. The number of rotatable bonds is 8. The van der Waals surface area contributed by atoms with Gasteiger partial charge in [-0.2, -0.15) is 0 Å². The minimum Gasteiger partial charge on any atom is -0.497 e. The molecule has 3 aromatic rings.